The highest BCUT2D eigenvalue weighted by Crippen LogP contribution is 2.16. The summed E-state index contributed by atoms with van der Waals surface area (Å²) in [5, 5.41) is 12.6. The Morgan fingerprint density at radius 3 is 2.62 bits per heavy atom. The van der Waals surface area contributed by atoms with E-state index in [4.69, 9.17) is 9.84 Å². The molecule has 3 aromatic rings. The first-order valence-corrected chi connectivity index (χ1v) is 7.45. The van der Waals surface area contributed by atoms with Crippen LogP contribution in [0, 0.1) is 0 Å². The summed E-state index contributed by atoms with van der Waals surface area (Å²) < 4.78 is 5.48. The van der Waals surface area contributed by atoms with Crippen molar-refractivity contribution in [2.45, 2.75) is 0 Å². The number of nitrogens with one attached hydrogen (secondary N) is 2. The van der Waals surface area contributed by atoms with E-state index in [-0.39, 0.29) is 11.5 Å². The van der Waals surface area contributed by atoms with Crippen molar-refractivity contribution in [3.05, 3.63) is 65.9 Å². The Labute approximate surface area is 138 Å². The van der Waals surface area contributed by atoms with E-state index in [0.29, 0.717) is 24.5 Å². The molecule has 0 unspecified atom stereocenters. The maximum Gasteiger partial charge on any atom is 0.335 e. The Morgan fingerprint density at radius 2 is 1.88 bits per heavy atom. The molecule has 122 valence electrons. The number of hydrogen-bond acceptors (Lipinski definition) is 3. The Morgan fingerprint density at radius 1 is 1.08 bits per heavy atom. The van der Waals surface area contributed by atoms with Gasteiger partial charge in [-0.05, 0) is 36.4 Å². The fourth-order valence-electron chi connectivity index (χ4n) is 2.40. The van der Waals surface area contributed by atoms with Crippen LogP contribution in [0.3, 0.4) is 0 Å². The van der Waals surface area contributed by atoms with Gasteiger partial charge in [-0.25, -0.2) is 4.79 Å². The van der Waals surface area contributed by atoms with Crippen molar-refractivity contribution in [3.63, 3.8) is 0 Å². The van der Waals surface area contributed by atoms with E-state index in [1.807, 2.05) is 18.2 Å². The van der Waals surface area contributed by atoms with Crippen LogP contribution in [0.15, 0.2) is 54.7 Å². The molecular weight excluding hydrogens is 308 g/mol. The second-order valence-electron chi connectivity index (χ2n) is 5.18. The third kappa shape index (κ3) is 3.38. The lowest BCUT2D eigenvalue weighted by Gasteiger charge is -2.08. The molecular formula is C18H16N2O4. The summed E-state index contributed by atoms with van der Waals surface area (Å²) in [5.74, 6) is -0.596. The van der Waals surface area contributed by atoms with Crippen molar-refractivity contribution >= 4 is 22.8 Å². The predicted molar refractivity (Wildman–Crippen MR) is 89.5 cm³/mol. The minimum Gasteiger partial charge on any atom is -0.492 e. The highest BCUT2D eigenvalue weighted by atomic mass is 16.5. The van der Waals surface area contributed by atoms with Crippen LogP contribution >= 0.6 is 0 Å². The van der Waals surface area contributed by atoms with E-state index in [1.165, 1.54) is 12.1 Å². The number of amides is 1. The number of fused-ring (bicyclic) bond motifs is 1. The monoisotopic (exact) mass is 324 g/mol. The highest BCUT2D eigenvalue weighted by molar-refractivity contribution is 6.05. The molecule has 3 N–H and O–H groups in total. The van der Waals surface area contributed by atoms with Gasteiger partial charge in [0.25, 0.3) is 5.91 Å². The van der Waals surface area contributed by atoms with Crippen molar-refractivity contribution < 1.29 is 19.4 Å². The van der Waals surface area contributed by atoms with Gasteiger partial charge < -0.3 is 20.1 Å². The maximum atomic E-state index is 12.2. The SMILES string of the molecule is O=C(O)c1ccc(OCCNC(=O)c2cccc3cc[nH]c23)cc1. The zero-order chi connectivity index (χ0) is 16.9. The molecule has 24 heavy (non-hydrogen) atoms. The zero-order valence-electron chi connectivity index (χ0n) is 12.8. The number of rotatable bonds is 6. The molecule has 6 heteroatoms. The fourth-order valence-corrected chi connectivity index (χ4v) is 2.40. The Bertz CT molecular complexity index is 868. The summed E-state index contributed by atoms with van der Waals surface area (Å²) in [6.45, 7) is 0.634. The molecule has 0 radical (unpaired) electrons. The van der Waals surface area contributed by atoms with Gasteiger partial charge in [0.15, 0.2) is 0 Å². The number of benzene rings is 2. The van der Waals surface area contributed by atoms with E-state index >= 15 is 0 Å². The summed E-state index contributed by atoms with van der Waals surface area (Å²) >= 11 is 0. The first kappa shape index (κ1) is 15.6. The van der Waals surface area contributed by atoms with E-state index in [0.717, 1.165) is 10.9 Å². The van der Waals surface area contributed by atoms with Crippen LogP contribution in [0.5, 0.6) is 5.75 Å². The van der Waals surface area contributed by atoms with Crippen LogP contribution in [0.4, 0.5) is 0 Å². The summed E-state index contributed by atoms with van der Waals surface area (Å²) in [7, 11) is 0. The molecule has 1 heterocycles. The number of carboxylic acids is 1. The molecule has 2 aromatic carbocycles. The van der Waals surface area contributed by atoms with E-state index in [2.05, 4.69) is 10.3 Å². The number of ether oxygens (including phenoxy) is 1. The van der Waals surface area contributed by atoms with Crippen LogP contribution in [0.1, 0.15) is 20.7 Å². The Balaban J connectivity index is 1.52. The minimum absolute atomic E-state index is 0.173. The van der Waals surface area contributed by atoms with Crippen LogP contribution < -0.4 is 10.1 Å². The van der Waals surface area contributed by atoms with E-state index in [9.17, 15) is 9.59 Å². The van der Waals surface area contributed by atoms with Crippen molar-refractivity contribution in [2.24, 2.45) is 0 Å². The molecule has 0 atom stereocenters. The predicted octanol–water partition coefficient (Wildman–Crippen LogP) is 2.67. The second-order valence-corrected chi connectivity index (χ2v) is 5.18. The van der Waals surface area contributed by atoms with Gasteiger partial charge >= 0.3 is 5.97 Å². The van der Waals surface area contributed by atoms with Crippen LogP contribution in [0.2, 0.25) is 0 Å². The maximum absolute atomic E-state index is 12.2. The number of H-pyrrole nitrogens is 1. The largest absolute Gasteiger partial charge is 0.492 e. The number of aromatic amines is 1. The number of carbonyl (C=O) groups excluding carboxylic acids is 1. The lowest BCUT2D eigenvalue weighted by Crippen LogP contribution is -2.28. The molecule has 3 rings (SSSR count). The van der Waals surface area contributed by atoms with Crippen LogP contribution in [0.25, 0.3) is 10.9 Å². The Hall–Kier alpha value is -3.28. The van der Waals surface area contributed by atoms with E-state index in [1.54, 1.807) is 24.4 Å². The number of carbonyl (C=O) groups is 2. The molecule has 0 bridgehead atoms. The van der Waals surface area contributed by atoms with Crippen LogP contribution in [-0.2, 0) is 0 Å². The van der Waals surface area contributed by atoms with Gasteiger partial charge in [-0.15, -0.1) is 0 Å². The normalized spacial score (nSPS) is 10.5. The number of hydrogen-bond donors (Lipinski definition) is 3. The third-order valence-corrected chi connectivity index (χ3v) is 3.59. The average molecular weight is 324 g/mol. The number of aromatic carboxylic acids is 1. The van der Waals surface area contributed by atoms with Gasteiger partial charge in [0, 0.05) is 11.6 Å². The first-order valence-electron chi connectivity index (χ1n) is 7.45. The molecule has 0 spiro atoms. The van der Waals surface area contributed by atoms with Gasteiger partial charge in [-0.3, -0.25) is 4.79 Å². The number of carboxylic acid groups (broad SMARTS) is 1. The van der Waals surface area contributed by atoms with Crippen molar-refractivity contribution in [2.75, 3.05) is 13.2 Å². The summed E-state index contributed by atoms with van der Waals surface area (Å²) in [5.41, 5.74) is 1.60. The fraction of sp³-hybridized carbons (Fsp3) is 0.111. The quantitative estimate of drug-likeness (QED) is 0.608. The van der Waals surface area contributed by atoms with Gasteiger partial charge in [0.2, 0.25) is 0 Å². The molecule has 6 nitrogen and oxygen atoms in total. The summed E-state index contributed by atoms with van der Waals surface area (Å²) in [6, 6.07) is 13.6. The molecule has 1 aromatic heterocycles. The minimum atomic E-state index is -0.979. The van der Waals surface area contributed by atoms with Crippen molar-refractivity contribution in [1.82, 2.24) is 10.3 Å². The van der Waals surface area contributed by atoms with E-state index < -0.39 is 5.97 Å². The number of aromatic nitrogens is 1. The summed E-state index contributed by atoms with van der Waals surface area (Å²) in [4.78, 5) is 26.1. The van der Waals surface area contributed by atoms with Gasteiger partial charge in [-0.2, -0.15) is 0 Å². The van der Waals surface area contributed by atoms with Gasteiger partial charge in [0.1, 0.15) is 12.4 Å². The second kappa shape index (κ2) is 6.87. The molecule has 1 amide bonds. The topological polar surface area (TPSA) is 91.4 Å². The highest BCUT2D eigenvalue weighted by Gasteiger charge is 2.10. The zero-order valence-corrected chi connectivity index (χ0v) is 12.8. The Kier molecular flexibility index (Phi) is 4.47. The van der Waals surface area contributed by atoms with Gasteiger partial charge in [0.05, 0.1) is 23.2 Å². The third-order valence-electron chi connectivity index (χ3n) is 3.59. The van der Waals surface area contributed by atoms with Crippen molar-refractivity contribution in [3.8, 4) is 5.75 Å². The number of para-hydroxylation sites is 1. The molecule has 0 aliphatic rings. The standard InChI is InChI=1S/C18H16N2O4/c21-17(15-3-1-2-12-8-9-19-16(12)15)20-10-11-24-14-6-4-13(5-7-14)18(22)23/h1-9,19H,10-11H2,(H,20,21)(H,22,23). The van der Waals surface area contributed by atoms with Gasteiger partial charge in [-0.1, -0.05) is 12.1 Å². The average Bonchev–Trinajstić information content (AvgIpc) is 3.07. The van der Waals surface area contributed by atoms with Crippen molar-refractivity contribution in [1.29, 1.82) is 0 Å². The molecule has 0 fully saturated rings. The van der Waals surface area contributed by atoms with Crippen LogP contribution in [-0.4, -0.2) is 35.1 Å². The lowest BCUT2D eigenvalue weighted by molar-refractivity contribution is 0.0696. The molecule has 0 saturated heterocycles. The molecule has 0 aliphatic carbocycles. The first-order chi connectivity index (χ1) is 11.6. The summed E-state index contributed by atoms with van der Waals surface area (Å²) in [6.07, 6.45) is 1.80. The molecule has 0 aliphatic heterocycles. The molecule has 0 saturated carbocycles. The lowest BCUT2D eigenvalue weighted by atomic mass is 10.1. The smallest absolute Gasteiger partial charge is 0.335 e.